The summed E-state index contributed by atoms with van der Waals surface area (Å²) >= 11 is 0. The third kappa shape index (κ3) is 1.82. The number of nitrogens with two attached hydrogens (primary N) is 1. The molecule has 0 saturated carbocycles. The molecule has 1 aromatic heterocycles. The first-order chi connectivity index (χ1) is 9.08. The smallest absolute Gasteiger partial charge is 0.231 e. The van der Waals surface area contributed by atoms with Crippen molar-refractivity contribution < 1.29 is 9.47 Å². The summed E-state index contributed by atoms with van der Waals surface area (Å²) in [5, 5.41) is 4.52. The van der Waals surface area contributed by atoms with Crippen LogP contribution in [0.5, 0.6) is 11.5 Å². The van der Waals surface area contributed by atoms with E-state index in [1.807, 2.05) is 25.2 Å². The zero-order valence-corrected chi connectivity index (χ0v) is 11.3. The second-order valence-corrected chi connectivity index (χ2v) is 4.99. The van der Waals surface area contributed by atoms with E-state index in [-0.39, 0.29) is 6.79 Å². The highest BCUT2D eigenvalue weighted by atomic mass is 16.7. The van der Waals surface area contributed by atoms with E-state index >= 15 is 0 Å². The molecular formula is C14H17N3O2. The minimum Gasteiger partial charge on any atom is -0.454 e. The third-order valence-corrected chi connectivity index (χ3v) is 3.35. The number of aryl methyl sites for hydroxylation is 1. The molecule has 0 atom stereocenters. The van der Waals surface area contributed by atoms with Gasteiger partial charge in [0.15, 0.2) is 11.5 Å². The van der Waals surface area contributed by atoms with E-state index in [2.05, 4.69) is 18.9 Å². The largest absolute Gasteiger partial charge is 0.454 e. The molecule has 2 N–H and O–H groups in total. The van der Waals surface area contributed by atoms with Crippen molar-refractivity contribution in [2.24, 2.45) is 7.05 Å². The fourth-order valence-electron chi connectivity index (χ4n) is 2.38. The van der Waals surface area contributed by atoms with Crippen molar-refractivity contribution in [3.63, 3.8) is 0 Å². The Morgan fingerprint density at radius 3 is 2.74 bits per heavy atom. The number of benzene rings is 1. The molecule has 2 aromatic rings. The van der Waals surface area contributed by atoms with E-state index in [0.29, 0.717) is 11.7 Å². The van der Waals surface area contributed by atoms with Gasteiger partial charge in [0.25, 0.3) is 0 Å². The lowest BCUT2D eigenvalue weighted by molar-refractivity contribution is 0.174. The summed E-state index contributed by atoms with van der Waals surface area (Å²) in [6.45, 7) is 4.51. The summed E-state index contributed by atoms with van der Waals surface area (Å²) in [5.74, 6) is 2.56. The van der Waals surface area contributed by atoms with Gasteiger partial charge in [-0.25, -0.2) is 0 Å². The Balaban J connectivity index is 2.14. The summed E-state index contributed by atoms with van der Waals surface area (Å²) in [6, 6.07) is 5.85. The minimum absolute atomic E-state index is 0.278. The van der Waals surface area contributed by atoms with Gasteiger partial charge in [-0.15, -0.1) is 0 Å². The highest BCUT2D eigenvalue weighted by molar-refractivity contribution is 5.71. The maximum atomic E-state index is 6.10. The lowest BCUT2D eigenvalue weighted by atomic mass is 9.98. The summed E-state index contributed by atoms with van der Waals surface area (Å²) < 4.78 is 12.5. The van der Waals surface area contributed by atoms with Crippen LogP contribution in [0.15, 0.2) is 18.2 Å². The molecule has 0 radical (unpaired) electrons. The molecule has 2 heterocycles. The Morgan fingerprint density at radius 1 is 1.26 bits per heavy atom. The second-order valence-electron chi connectivity index (χ2n) is 4.99. The summed E-state index contributed by atoms with van der Waals surface area (Å²) in [4.78, 5) is 0. The highest BCUT2D eigenvalue weighted by Crippen LogP contribution is 2.38. The Hall–Kier alpha value is -2.17. The van der Waals surface area contributed by atoms with Gasteiger partial charge in [0.2, 0.25) is 6.79 Å². The van der Waals surface area contributed by atoms with Crippen LogP contribution in [0.4, 0.5) is 5.82 Å². The van der Waals surface area contributed by atoms with Gasteiger partial charge >= 0.3 is 0 Å². The maximum absolute atomic E-state index is 6.10. The van der Waals surface area contributed by atoms with Crippen LogP contribution in [0.25, 0.3) is 11.3 Å². The molecule has 0 bridgehead atoms. The average molecular weight is 259 g/mol. The first-order valence-electron chi connectivity index (χ1n) is 6.30. The van der Waals surface area contributed by atoms with Crippen molar-refractivity contribution in [3.05, 3.63) is 23.8 Å². The number of rotatable bonds is 2. The number of aromatic nitrogens is 2. The van der Waals surface area contributed by atoms with Crippen LogP contribution < -0.4 is 15.2 Å². The fourth-order valence-corrected chi connectivity index (χ4v) is 2.38. The standard InChI is InChI=1S/C14H17N3O2/c1-8(2)12-13(16-17(3)14(12)15)9-4-5-10-11(6-9)19-7-18-10/h4-6,8H,7,15H2,1-3H3. The molecule has 1 aromatic carbocycles. The van der Waals surface area contributed by atoms with Crippen LogP contribution in [0, 0.1) is 0 Å². The van der Waals surface area contributed by atoms with Crippen molar-refractivity contribution >= 4 is 5.82 Å². The number of nitrogen functional groups attached to an aromatic ring is 1. The Kier molecular flexibility index (Phi) is 2.62. The Morgan fingerprint density at radius 2 is 2.00 bits per heavy atom. The molecule has 100 valence electrons. The third-order valence-electron chi connectivity index (χ3n) is 3.35. The number of hydrogen-bond donors (Lipinski definition) is 1. The Labute approximate surface area is 111 Å². The summed E-state index contributed by atoms with van der Waals surface area (Å²) in [6.07, 6.45) is 0. The number of nitrogens with zero attached hydrogens (tertiary/aromatic N) is 2. The molecular weight excluding hydrogens is 242 g/mol. The van der Waals surface area contributed by atoms with E-state index in [4.69, 9.17) is 15.2 Å². The molecule has 19 heavy (non-hydrogen) atoms. The molecule has 5 heteroatoms. The molecule has 0 fully saturated rings. The average Bonchev–Trinajstić information content (AvgIpc) is 2.94. The van der Waals surface area contributed by atoms with Gasteiger partial charge in [0.1, 0.15) is 5.82 Å². The lowest BCUT2D eigenvalue weighted by Gasteiger charge is -2.07. The molecule has 0 unspecified atom stereocenters. The molecule has 1 aliphatic heterocycles. The number of hydrogen-bond acceptors (Lipinski definition) is 4. The highest BCUT2D eigenvalue weighted by Gasteiger charge is 2.21. The van der Waals surface area contributed by atoms with E-state index in [0.717, 1.165) is 28.3 Å². The van der Waals surface area contributed by atoms with Crippen molar-refractivity contribution in [2.45, 2.75) is 19.8 Å². The number of fused-ring (bicyclic) bond motifs is 1. The Bertz CT molecular complexity index is 632. The van der Waals surface area contributed by atoms with Crippen LogP contribution in [-0.2, 0) is 7.05 Å². The maximum Gasteiger partial charge on any atom is 0.231 e. The van der Waals surface area contributed by atoms with E-state index < -0.39 is 0 Å². The summed E-state index contributed by atoms with van der Waals surface area (Å²) in [7, 11) is 1.86. The quantitative estimate of drug-likeness (QED) is 0.900. The van der Waals surface area contributed by atoms with Crippen LogP contribution in [0.2, 0.25) is 0 Å². The van der Waals surface area contributed by atoms with Crippen LogP contribution >= 0.6 is 0 Å². The van der Waals surface area contributed by atoms with Crippen molar-refractivity contribution in [1.82, 2.24) is 9.78 Å². The van der Waals surface area contributed by atoms with Gasteiger partial charge in [0.05, 0.1) is 5.69 Å². The monoisotopic (exact) mass is 259 g/mol. The van der Waals surface area contributed by atoms with Crippen molar-refractivity contribution in [1.29, 1.82) is 0 Å². The topological polar surface area (TPSA) is 62.3 Å². The molecule has 0 aliphatic carbocycles. The molecule has 0 saturated heterocycles. The van der Waals surface area contributed by atoms with E-state index in [9.17, 15) is 0 Å². The van der Waals surface area contributed by atoms with Crippen molar-refractivity contribution in [2.75, 3.05) is 12.5 Å². The zero-order chi connectivity index (χ0) is 13.6. The second kappa shape index (κ2) is 4.19. The number of ether oxygens (including phenoxy) is 2. The van der Waals surface area contributed by atoms with Gasteiger partial charge in [0, 0.05) is 18.2 Å². The number of anilines is 1. The zero-order valence-electron chi connectivity index (χ0n) is 11.3. The SMILES string of the molecule is CC(C)c1c(-c2ccc3c(c2)OCO3)nn(C)c1N. The minimum atomic E-state index is 0.278. The van der Waals surface area contributed by atoms with Gasteiger partial charge in [-0.3, -0.25) is 4.68 Å². The van der Waals surface area contributed by atoms with Crippen molar-refractivity contribution in [3.8, 4) is 22.8 Å². The molecule has 5 nitrogen and oxygen atoms in total. The lowest BCUT2D eigenvalue weighted by Crippen LogP contribution is -2.00. The molecule has 1 aliphatic rings. The summed E-state index contributed by atoms with van der Waals surface area (Å²) in [5.41, 5.74) is 9.08. The molecule has 3 rings (SSSR count). The van der Waals surface area contributed by atoms with Gasteiger partial charge in [-0.1, -0.05) is 13.8 Å². The van der Waals surface area contributed by atoms with E-state index in [1.54, 1.807) is 4.68 Å². The van der Waals surface area contributed by atoms with Crippen LogP contribution in [-0.4, -0.2) is 16.6 Å². The van der Waals surface area contributed by atoms with Gasteiger partial charge < -0.3 is 15.2 Å². The van der Waals surface area contributed by atoms with Crippen LogP contribution in [0.3, 0.4) is 0 Å². The first-order valence-corrected chi connectivity index (χ1v) is 6.30. The predicted octanol–water partition coefficient (Wildman–Crippen LogP) is 2.52. The van der Waals surface area contributed by atoms with E-state index in [1.165, 1.54) is 0 Å². The molecule has 0 amide bonds. The van der Waals surface area contributed by atoms with Crippen LogP contribution in [0.1, 0.15) is 25.3 Å². The van der Waals surface area contributed by atoms with Gasteiger partial charge in [-0.05, 0) is 24.1 Å². The first kappa shape index (κ1) is 11.9. The normalized spacial score (nSPS) is 13.3. The van der Waals surface area contributed by atoms with Gasteiger partial charge in [-0.2, -0.15) is 5.10 Å². The molecule has 0 spiro atoms. The fraction of sp³-hybridized carbons (Fsp3) is 0.357. The predicted molar refractivity (Wildman–Crippen MR) is 73.3 cm³/mol.